The lowest BCUT2D eigenvalue weighted by Gasteiger charge is -2.18. The van der Waals surface area contributed by atoms with Crippen molar-refractivity contribution in [2.24, 2.45) is 5.92 Å². The van der Waals surface area contributed by atoms with E-state index in [2.05, 4.69) is 15.3 Å². The van der Waals surface area contributed by atoms with E-state index in [1.807, 2.05) is 50.4 Å². The first-order valence-corrected chi connectivity index (χ1v) is 9.66. The molecule has 142 valence electrons. The lowest BCUT2D eigenvalue weighted by molar-refractivity contribution is -0.138. The maximum absolute atomic E-state index is 11.7. The zero-order valence-corrected chi connectivity index (χ0v) is 16.6. The monoisotopic (exact) mass is 385 g/mol. The summed E-state index contributed by atoms with van der Waals surface area (Å²) in [5.41, 5.74) is 1.99. The zero-order chi connectivity index (χ0) is 19.6. The van der Waals surface area contributed by atoms with Gasteiger partial charge in [0, 0.05) is 10.9 Å². The first-order valence-electron chi connectivity index (χ1n) is 8.78. The van der Waals surface area contributed by atoms with Gasteiger partial charge in [0.05, 0.1) is 12.5 Å². The number of ether oxygens (including phenoxy) is 1. The highest BCUT2D eigenvalue weighted by Gasteiger charge is 2.22. The van der Waals surface area contributed by atoms with Crippen molar-refractivity contribution in [2.45, 2.75) is 33.2 Å². The summed E-state index contributed by atoms with van der Waals surface area (Å²) in [6.45, 7) is 5.83. The van der Waals surface area contributed by atoms with Crippen LogP contribution in [0.2, 0.25) is 0 Å². The van der Waals surface area contributed by atoms with Crippen molar-refractivity contribution >= 4 is 33.3 Å². The van der Waals surface area contributed by atoms with Gasteiger partial charge in [-0.25, -0.2) is 14.8 Å². The molecule has 2 heterocycles. The normalized spacial score (nSPS) is 12.3. The third-order valence-electron chi connectivity index (χ3n) is 4.26. The topological polar surface area (TPSA) is 84.3 Å². The molecule has 0 bridgehead atoms. The van der Waals surface area contributed by atoms with E-state index in [-0.39, 0.29) is 5.92 Å². The molecule has 0 saturated carbocycles. The van der Waals surface area contributed by atoms with Crippen LogP contribution in [-0.2, 0) is 4.79 Å². The van der Waals surface area contributed by atoms with E-state index in [9.17, 15) is 9.90 Å². The van der Waals surface area contributed by atoms with Gasteiger partial charge >= 0.3 is 5.97 Å². The van der Waals surface area contributed by atoms with Crippen LogP contribution in [0, 0.1) is 12.8 Å². The molecule has 2 N–H and O–H groups in total. The molecule has 2 aromatic heterocycles. The number of fused-ring (bicyclic) bond motifs is 1. The molecule has 6 nitrogen and oxygen atoms in total. The van der Waals surface area contributed by atoms with Gasteiger partial charge in [0.25, 0.3) is 0 Å². The Bertz CT molecular complexity index is 951. The van der Waals surface area contributed by atoms with E-state index < -0.39 is 12.0 Å². The standard InChI is InChI=1S/C20H23N3O3S/c1-11(2)9-16(20(24)25)23-18-17-15(10-27-19(17)22-12(3)21-18)13-5-7-14(26-4)8-6-13/h5-8,10-11,16H,9H2,1-4H3,(H,24,25)(H,21,22,23). The lowest BCUT2D eigenvalue weighted by atomic mass is 10.0. The van der Waals surface area contributed by atoms with Crippen LogP contribution in [0.1, 0.15) is 26.1 Å². The summed E-state index contributed by atoms with van der Waals surface area (Å²) in [6.07, 6.45) is 0.516. The predicted octanol–water partition coefficient (Wildman–Crippen LogP) is 4.59. The minimum atomic E-state index is -0.880. The van der Waals surface area contributed by atoms with Gasteiger partial charge in [-0.2, -0.15) is 0 Å². The number of aromatic nitrogens is 2. The average molecular weight is 385 g/mol. The maximum atomic E-state index is 11.7. The highest BCUT2D eigenvalue weighted by atomic mass is 32.1. The van der Waals surface area contributed by atoms with Crippen LogP contribution in [0.25, 0.3) is 21.3 Å². The second-order valence-corrected chi connectivity index (χ2v) is 7.70. The Labute approximate surface area is 162 Å². The molecule has 1 atom stereocenters. The van der Waals surface area contributed by atoms with Gasteiger partial charge in [0.15, 0.2) is 0 Å². The molecule has 0 saturated heterocycles. The number of rotatable bonds is 7. The average Bonchev–Trinajstić information content (AvgIpc) is 3.04. The summed E-state index contributed by atoms with van der Waals surface area (Å²) in [4.78, 5) is 21.6. The first-order chi connectivity index (χ1) is 12.9. The van der Waals surface area contributed by atoms with E-state index in [1.165, 1.54) is 11.3 Å². The number of carboxylic acids is 1. The largest absolute Gasteiger partial charge is 0.497 e. The Morgan fingerprint density at radius 1 is 1.26 bits per heavy atom. The Kier molecular flexibility index (Phi) is 5.60. The summed E-state index contributed by atoms with van der Waals surface area (Å²) in [7, 11) is 1.63. The fourth-order valence-electron chi connectivity index (χ4n) is 2.99. The van der Waals surface area contributed by atoms with E-state index in [0.717, 1.165) is 27.1 Å². The number of hydrogen-bond donors (Lipinski definition) is 2. The van der Waals surface area contributed by atoms with Gasteiger partial charge in [0.1, 0.15) is 28.3 Å². The fraction of sp³-hybridized carbons (Fsp3) is 0.350. The summed E-state index contributed by atoms with van der Waals surface area (Å²) >= 11 is 1.53. The third kappa shape index (κ3) is 4.19. The smallest absolute Gasteiger partial charge is 0.326 e. The molecule has 1 aromatic carbocycles. The van der Waals surface area contributed by atoms with Crippen molar-refractivity contribution < 1.29 is 14.6 Å². The molecule has 3 rings (SSSR count). The highest BCUT2D eigenvalue weighted by molar-refractivity contribution is 7.17. The van der Waals surface area contributed by atoms with E-state index in [1.54, 1.807) is 7.11 Å². The molecule has 0 aliphatic rings. The number of hydrogen-bond acceptors (Lipinski definition) is 6. The molecular weight excluding hydrogens is 362 g/mol. The zero-order valence-electron chi connectivity index (χ0n) is 15.8. The van der Waals surface area contributed by atoms with Crippen LogP contribution in [0.4, 0.5) is 5.82 Å². The highest BCUT2D eigenvalue weighted by Crippen LogP contribution is 2.37. The summed E-state index contributed by atoms with van der Waals surface area (Å²) in [6, 6.07) is 7.06. The van der Waals surface area contributed by atoms with Crippen molar-refractivity contribution in [3.63, 3.8) is 0 Å². The fourth-order valence-corrected chi connectivity index (χ4v) is 3.99. The lowest BCUT2D eigenvalue weighted by Crippen LogP contribution is -2.31. The number of benzene rings is 1. The van der Waals surface area contributed by atoms with Crippen molar-refractivity contribution in [3.8, 4) is 16.9 Å². The Morgan fingerprint density at radius 3 is 2.56 bits per heavy atom. The second kappa shape index (κ2) is 7.92. The van der Waals surface area contributed by atoms with Gasteiger partial charge in [-0.3, -0.25) is 0 Å². The van der Waals surface area contributed by atoms with E-state index in [4.69, 9.17) is 4.74 Å². The van der Waals surface area contributed by atoms with E-state index in [0.29, 0.717) is 18.1 Å². The second-order valence-electron chi connectivity index (χ2n) is 6.84. The molecule has 7 heteroatoms. The number of aryl methyl sites for hydroxylation is 1. The Morgan fingerprint density at radius 2 is 1.96 bits per heavy atom. The first kappa shape index (κ1) is 19.1. The van der Waals surface area contributed by atoms with Crippen molar-refractivity contribution in [1.82, 2.24) is 9.97 Å². The van der Waals surface area contributed by atoms with Gasteiger partial charge in [-0.1, -0.05) is 26.0 Å². The molecule has 1 unspecified atom stereocenters. The van der Waals surface area contributed by atoms with Crippen LogP contribution in [0.5, 0.6) is 5.75 Å². The van der Waals surface area contributed by atoms with Gasteiger partial charge in [0.2, 0.25) is 0 Å². The number of aliphatic carboxylic acids is 1. The van der Waals surface area contributed by atoms with Crippen LogP contribution >= 0.6 is 11.3 Å². The van der Waals surface area contributed by atoms with Crippen molar-refractivity contribution in [1.29, 1.82) is 0 Å². The molecule has 0 radical (unpaired) electrons. The summed E-state index contributed by atoms with van der Waals surface area (Å²) in [5.74, 6) is 1.33. The molecule has 0 fully saturated rings. The number of methoxy groups -OCH3 is 1. The molecule has 0 aliphatic heterocycles. The van der Waals surface area contributed by atoms with Crippen LogP contribution < -0.4 is 10.1 Å². The summed E-state index contributed by atoms with van der Waals surface area (Å²) in [5, 5.41) is 15.6. The van der Waals surface area contributed by atoms with Crippen molar-refractivity contribution in [3.05, 3.63) is 35.5 Å². The van der Waals surface area contributed by atoms with Crippen molar-refractivity contribution in [2.75, 3.05) is 12.4 Å². The number of nitrogens with one attached hydrogen (secondary N) is 1. The number of anilines is 1. The quantitative estimate of drug-likeness (QED) is 0.619. The minimum Gasteiger partial charge on any atom is -0.497 e. The maximum Gasteiger partial charge on any atom is 0.326 e. The predicted molar refractivity (Wildman–Crippen MR) is 109 cm³/mol. The van der Waals surface area contributed by atoms with Gasteiger partial charge in [-0.05, 0) is 37.0 Å². The third-order valence-corrected chi connectivity index (χ3v) is 5.13. The van der Waals surface area contributed by atoms with E-state index >= 15 is 0 Å². The number of thiophene rings is 1. The molecular formula is C20H23N3O3S. The van der Waals surface area contributed by atoms with Gasteiger partial charge in [-0.15, -0.1) is 11.3 Å². The van der Waals surface area contributed by atoms with Crippen LogP contribution in [-0.4, -0.2) is 34.2 Å². The Hall–Kier alpha value is -2.67. The molecule has 0 amide bonds. The number of carbonyl (C=O) groups is 1. The number of carboxylic acid groups (broad SMARTS) is 1. The molecule has 0 aliphatic carbocycles. The van der Waals surface area contributed by atoms with Crippen LogP contribution in [0.15, 0.2) is 29.6 Å². The minimum absolute atomic E-state index is 0.251. The summed E-state index contributed by atoms with van der Waals surface area (Å²) < 4.78 is 5.23. The molecule has 27 heavy (non-hydrogen) atoms. The SMILES string of the molecule is COc1ccc(-c2csc3nc(C)nc(NC(CC(C)C)C(=O)O)c23)cc1. The molecule has 3 aromatic rings. The van der Waals surface area contributed by atoms with Gasteiger partial charge < -0.3 is 15.2 Å². The van der Waals surface area contributed by atoms with Crippen LogP contribution in [0.3, 0.4) is 0 Å². The Balaban J connectivity index is 2.08. The number of nitrogens with zero attached hydrogens (tertiary/aromatic N) is 2. The molecule has 0 spiro atoms.